The van der Waals surface area contributed by atoms with E-state index in [9.17, 15) is 12.8 Å². The van der Waals surface area contributed by atoms with Crippen molar-refractivity contribution in [1.82, 2.24) is 4.72 Å². The second kappa shape index (κ2) is 5.46. The van der Waals surface area contributed by atoms with E-state index in [2.05, 4.69) is 4.72 Å². The van der Waals surface area contributed by atoms with Crippen molar-refractivity contribution in [1.29, 1.82) is 5.26 Å². The molecule has 0 unspecified atom stereocenters. The minimum absolute atomic E-state index is 0.313. The van der Waals surface area contributed by atoms with Gasteiger partial charge in [0.1, 0.15) is 16.3 Å². The monoisotopic (exact) mass is 270 g/mol. The van der Waals surface area contributed by atoms with Gasteiger partial charge in [0.2, 0.25) is 10.0 Å². The quantitative estimate of drug-likeness (QED) is 0.891. The highest BCUT2D eigenvalue weighted by molar-refractivity contribution is 7.89. The van der Waals surface area contributed by atoms with Gasteiger partial charge >= 0.3 is 0 Å². The Morgan fingerprint density at radius 1 is 1.33 bits per heavy atom. The van der Waals surface area contributed by atoms with Crippen LogP contribution in [0.15, 0.2) is 29.2 Å². The molecule has 1 aromatic rings. The molecular formula is C12H15FN2O2S. The van der Waals surface area contributed by atoms with E-state index in [4.69, 9.17) is 5.26 Å². The summed E-state index contributed by atoms with van der Waals surface area (Å²) < 4.78 is 39.8. The molecule has 1 N–H and O–H groups in total. The van der Waals surface area contributed by atoms with Crippen molar-refractivity contribution >= 4 is 10.0 Å². The predicted molar refractivity (Wildman–Crippen MR) is 65.6 cm³/mol. The molecule has 1 rings (SSSR count). The fraction of sp³-hybridized carbons (Fsp3) is 0.417. The minimum atomic E-state index is -4.03. The largest absolute Gasteiger partial charge is 0.244 e. The summed E-state index contributed by atoms with van der Waals surface area (Å²) in [5.74, 6) is -0.830. The fourth-order valence-corrected chi connectivity index (χ4v) is 3.09. The van der Waals surface area contributed by atoms with E-state index in [0.717, 1.165) is 6.07 Å². The number of rotatable bonds is 5. The third-order valence-electron chi connectivity index (χ3n) is 2.88. The van der Waals surface area contributed by atoms with Gasteiger partial charge < -0.3 is 0 Å². The number of benzene rings is 1. The van der Waals surface area contributed by atoms with Crippen LogP contribution in [-0.4, -0.2) is 14.0 Å². The first-order chi connectivity index (χ1) is 8.40. The zero-order chi connectivity index (χ0) is 13.8. The second-order valence-electron chi connectivity index (χ2n) is 3.94. The van der Waals surface area contributed by atoms with Gasteiger partial charge in [-0.05, 0) is 25.0 Å². The fourth-order valence-electron chi connectivity index (χ4n) is 1.55. The van der Waals surface area contributed by atoms with Gasteiger partial charge in [-0.3, -0.25) is 0 Å². The molecule has 4 nitrogen and oxygen atoms in total. The molecule has 0 amide bonds. The van der Waals surface area contributed by atoms with Crippen LogP contribution in [0.4, 0.5) is 4.39 Å². The molecule has 0 saturated heterocycles. The summed E-state index contributed by atoms with van der Waals surface area (Å²) in [5.41, 5.74) is -1.19. The van der Waals surface area contributed by atoms with Crippen LogP contribution in [0.25, 0.3) is 0 Å². The average Bonchev–Trinajstić information content (AvgIpc) is 2.36. The summed E-state index contributed by atoms with van der Waals surface area (Å²) in [5, 5.41) is 9.09. The van der Waals surface area contributed by atoms with Gasteiger partial charge in [-0.1, -0.05) is 26.0 Å². The number of hydrogen-bond acceptors (Lipinski definition) is 3. The predicted octanol–water partition coefficient (Wildman–Crippen LogP) is 2.19. The third-order valence-corrected chi connectivity index (χ3v) is 4.45. The van der Waals surface area contributed by atoms with Crippen molar-refractivity contribution in [3.8, 4) is 6.07 Å². The lowest BCUT2D eigenvalue weighted by molar-refractivity contribution is 0.444. The highest BCUT2D eigenvalue weighted by Gasteiger charge is 2.33. The SMILES string of the molecule is CCC(C#N)(CC)NS(=O)(=O)c1ccccc1F. The Morgan fingerprint density at radius 3 is 2.33 bits per heavy atom. The van der Waals surface area contributed by atoms with Gasteiger partial charge in [0.05, 0.1) is 6.07 Å². The lowest BCUT2D eigenvalue weighted by Crippen LogP contribution is -2.46. The Bertz CT molecular complexity index is 560. The zero-order valence-corrected chi connectivity index (χ0v) is 11.1. The van der Waals surface area contributed by atoms with E-state index in [1.165, 1.54) is 18.2 Å². The van der Waals surface area contributed by atoms with E-state index >= 15 is 0 Å². The van der Waals surface area contributed by atoms with Crippen LogP contribution in [0.2, 0.25) is 0 Å². The highest BCUT2D eigenvalue weighted by atomic mass is 32.2. The maximum atomic E-state index is 13.5. The first-order valence-electron chi connectivity index (χ1n) is 5.60. The molecule has 0 aliphatic rings. The molecule has 18 heavy (non-hydrogen) atoms. The Labute approximate surface area is 106 Å². The van der Waals surface area contributed by atoms with E-state index in [1.54, 1.807) is 13.8 Å². The van der Waals surface area contributed by atoms with Crippen molar-refractivity contribution < 1.29 is 12.8 Å². The Morgan fingerprint density at radius 2 is 1.89 bits per heavy atom. The molecular weight excluding hydrogens is 255 g/mol. The van der Waals surface area contributed by atoms with Crippen LogP contribution in [-0.2, 0) is 10.0 Å². The third kappa shape index (κ3) is 2.86. The van der Waals surface area contributed by atoms with Crippen molar-refractivity contribution in [2.75, 3.05) is 0 Å². The van der Waals surface area contributed by atoms with Gasteiger partial charge in [-0.15, -0.1) is 0 Å². The van der Waals surface area contributed by atoms with Gasteiger partial charge in [-0.2, -0.15) is 9.98 Å². The molecule has 98 valence electrons. The van der Waals surface area contributed by atoms with Crippen LogP contribution < -0.4 is 4.72 Å². The summed E-state index contributed by atoms with van der Waals surface area (Å²) >= 11 is 0. The minimum Gasteiger partial charge on any atom is -0.207 e. The van der Waals surface area contributed by atoms with E-state index < -0.39 is 26.3 Å². The number of nitrogens with one attached hydrogen (secondary N) is 1. The summed E-state index contributed by atoms with van der Waals surface area (Å²) in [7, 11) is -4.03. The topological polar surface area (TPSA) is 70.0 Å². The average molecular weight is 270 g/mol. The molecule has 0 spiro atoms. The van der Waals surface area contributed by atoms with Crippen molar-refractivity contribution in [2.45, 2.75) is 37.1 Å². The standard InChI is InChI=1S/C12H15FN2O2S/c1-3-12(4-2,9-14)15-18(16,17)11-8-6-5-7-10(11)13/h5-8,15H,3-4H2,1-2H3. The van der Waals surface area contributed by atoms with Gasteiger partial charge in [0.25, 0.3) is 0 Å². The maximum absolute atomic E-state index is 13.5. The number of nitriles is 1. The number of nitrogens with zero attached hydrogens (tertiary/aromatic N) is 1. The van der Waals surface area contributed by atoms with E-state index in [1.807, 2.05) is 6.07 Å². The Kier molecular flexibility index (Phi) is 4.43. The highest BCUT2D eigenvalue weighted by Crippen LogP contribution is 2.20. The maximum Gasteiger partial charge on any atom is 0.244 e. The van der Waals surface area contributed by atoms with Crippen molar-refractivity contribution in [3.63, 3.8) is 0 Å². The lowest BCUT2D eigenvalue weighted by atomic mass is 9.97. The van der Waals surface area contributed by atoms with Gasteiger partial charge in [-0.25, -0.2) is 12.8 Å². The summed E-state index contributed by atoms with van der Waals surface area (Å²) in [6.45, 7) is 3.41. The molecule has 0 fully saturated rings. The van der Waals surface area contributed by atoms with Gasteiger partial charge in [0.15, 0.2) is 0 Å². The molecule has 0 saturated carbocycles. The summed E-state index contributed by atoms with van der Waals surface area (Å²) in [6.07, 6.45) is 0.626. The van der Waals surface area contributed by atoms with Crippen LogP contribution in [0.3, 0.4) is 0 Å². The molecule has 0 aliphatic carbocycles. The van der Waals surface area contributed by atoms with Gasteiger partial charge in [0, 0.05) is 0 Å². The molecule has 0 bridgehead atoms. The molecule has 0 radical (unpaired) electrons. The lowest BCUT2D eigenvalue weighted by Gasteiger charge is -2.24. The van der Waals surface area contributed by atoms with E-state index in [-0.39, 0.29) is 0 Å². The summed E-state index contributed by atoms with van der Waals surface area (Å²) in [4.78, 5) is -0.438. The number of hydrogen-bond donors (Lipinski definition) is 1. The Balaban J connectivity index is 3.18. The second-order valence-corrected chi connectivity index (χ2v) is 5.59. The number of sulfonamides is 1. The van der Waals surface area contributed by atoms with Crippen molar-refractivity contribution in [2.24, 2.45) is 0 Å². The molecule has 0 aliphatic heterocycles. The summed E-state index contributed by atoms with van der Waals surface area (Å²) in [6, 6.07) is 7.03. The molecule has 0 atom stereocenters. The van der Waals surface area contributed by atoms with Crippen LogP contribution >= 0.6 is 0 Å². The normalized spacial score (nSPS) is 12.1. The van der Waals surface area contributed by atoms with E-state index in [0.29, 0.717) is 12.8 Å². The van der Waals surface area contributed by atoms with Crippen LogP contribution in [0, 0.1) is 17.1 Å². The Hall–Kier alpha value is -1.45. The van der Waals surface area contributed by atoms with Crippen LogP contribution in [0.5, 0.6) is 0 Å². The first kappa shape index (κ1) is 14.6. The smallest absolute Gasteiger partial charge is 0.207 e. The molecule has 6 heteroatoms. The number of halogens is 1. The van der Waals surface area contributed by atoms with Crippen LogP contribution in [0.1, 0.15) is 26.7 Å². The zero-order valence-electron chi connectivity index (χ0n) is 10.3. The molecule has 0 heterocycles. The molecule has 0 aromatic heterocycles. The molecule has 1 aromatic carbocycles. The first-order valence-corrected chi connectivity index (χ1v) is 7.09. The van der Waals surface area contributed by atoms with Crippen molar-refractivity contribution in [3.05, 3.63) is 30.1 Å².